The predicted octanol–water partition coefficient (Wildman–Crippen LogP) is 1.24. The monoisotopic (exact) mass is 267 g/mol. The maximum Gasteiger partial charge on any atom is 0.313 e. The zero-order valence-electron chi connectivity index (χ0n) is 10.0. The molecule has 0 radical (unpaired) electrons. The summed E-state index contributed by atoms with van der Waals surface area (Å²) in [6.45, 7) is 3.92. The number of aromatic nitrogens is 5. The highest BCUT2D eigenvalue weighted by Gasteiger charge is 2.13. The van der Waals surface area contributed by atoms with Gasteiger partial charge >= 0.3 is 5.97 Å². The number of carboxylic acids is 1. The Morgan fingerprint density at radius 1 is 1.44 bits per heavy atom. The maximum atomic E-state index is 10.4. The molecule has 96 valence electrons. The summed E-state index contributed by atoms with van der Waals surface area (Å²) >= 11 is 1.07. The third-order valence-corrected chi connectivity index (χ3v) is 3.11. The summed E-state index contributed by atoms with van der Waals surface area (Å²) in [6.07, 6.45) is 0.815. The number of aryl methyl sites for hydroxylation is 2. The Morgan fingerprint density at radius 2 is 2.22 bits per heavy atom. The van der Waals surface area contributed by atoms with Crippen molar-refractivity contribution < 1.29 is 9.90 Å². The molecule has 0 saturated carbocycles. The third-order valence-electron chi connectivity index (χ3n) is 2.28. The first-order valence-corrected chi connectivity index (χ1v) is 6.41. The summed E-state index contributed by atoms with van der Waals surface area (Å²) < 4.78 is 0. The molecule has 0 fully saturated rings. The lowest BCUT2D eigenvalue weighted by atomic mass is 10.3. The fraction of sp³-hybridized carbons (Fsp3) is 0.400. The van der Waals surface area contributed by atoms with Crippen LogP contribution in [0.3, 0.4) is 0 Å². The van der Waals surface area contributed by atoms with Gasteiger partial charge in [0.05, 0.1) is 5.75 Å². The smallest absolute Gasteiger partial charge is 0.313 e. The van der Waals surface area contributed by atoms with Gasteiger partial charge in [0, 0.05) is 12.1 Å². The molecule has 7 nitrogen and oxygen atoms in total. The van der Waals surface area contributed by atoms with Crippen LogP contribution in [0.2, 0.25) is 0 Å². The fourth-order valence-corrected chi connectivity index (χ4v) is 1.98. The molecule has 0 atom stereocenters. The molecule has 2 heterocycles. The number of imidazole rings is 1. The van der Waals surface area contributed by atoms with Crippen LogP contribution in [0.5, 0.6) is 0 Å². The van der Waals surface area contributed by atoms with Crippen LogP contribution in [0, 0.1) is 6.92 Å². The number of thioether (sulfide) groups is 1. The van der Waals surface area contributed by atoms with Crippen LogP contribution in [0.1, 0.15) is 18.4 Å². The molecule has 0 aliphatic heterocycles. The molecule has 0 bridgehead atoms. The highest BCUT2D eigenvalue weighted by molar-refractivity contribution is 7.99. The second-order valence-corrected chi connectivity index (χ2v) is 4.60. The summed E-state index contributed by atoms with van der Waals surface area (Å²) in [7, 11) is 0. The summed E-state index contributed by atoms with van der Waals surface area (Å²) in [4.78, 5) is 22.2. The zero-order chi connectivity index (χ0) is 13.1. The number of hydrogen-bond donors (Lipinski definition) is 3. The molecule has 0 aliphatic rings. The van der Waals surface area contributed by atoms with Gasteiger partial charge in [-0.2, -0.15) is 4.98 Å². The summed E-state index contributed by atoms with van der Waals surface area (Å²) in [5, 5.41) is 15.7. The molecule has 18 heavy (non-hydrogen) atoms. The van der Waals surface area contributed by atoms with E-state index in [1.807, 2.05) is 13.8 Å². The Balaban J connectivity index is 2.18. The van der Waals surface area contributed by atoms with E-state index in [1.165, 1.54) is 0 Å². The molecule has 0 aliphatic carbocycles. The topological polar surface area (TPSA) is 108 Å². The van der Waals surface area contributed by atoms with Crippen LogP contribution in [-0.2, 0) is 11.2 Å². The number of nitrogens with zero attached hydrogens (tertiary/aromatic N) is 3. The van der Waals surface area contributed by atoms with E-state index >= 15 is 0 Å². The third kappa shape index (κ3) is 2.70. The SMILES string of the molecule is CCc1nc(-c2nc(SCC(=O)O)n[nH]2)c(C)[nH]1. The Hall–Kier alpha value is -1.83. The molecular formula is C10H13N5O2S. The molecule has 0 spiro atoms. The molecule has 8 heteroatoms. The number of hydrogen-bond acceptors (Lipinski definition) is 5. The van der Waals surface area contributed by atoms with Crippen molar-refractivity contribution in [3.63, 3.8) is 0 Å². The van der Waals surface area contributed by atoms with Crippen LogP contribution in [-0.4, -0.2) is 42.0 Å². The van der Waals surface area contributed by atoms with Crippen molar-refractivity contribution in [2.45, 2.75) is 25.4 Å². The largest absolute Gasteiger partial charge is 0.481 e. The van der Waals surface area contributed by atoms with Gasteiger partial charge in [0.15, 0.2) is 5.82 Å². The van der Waals surface area contributed by atoms with Crippen molar-refractivity contribution in [1.82, 2.24) is 25.1 Å². The van der Waals surface area contributed by atoms with Gasteiger partial charge in [-0.1, -0.05) is 18.7 Å². The van der Waals surface area contributed by atoms with E-state index < -0.39 is 5.97 Å². The first-order valence-electron chi connectivity index (χ1n) is 5.43. The van der Waals surface area contributed by atoms with Crippen LogP contribution < -0.4 is 0 Å². The van der Waals surface area contributed by atoms with Gasteiger partial charge in [-0.15, -0.1) is 5.10 Å². The molecule has 0 aromatic carbocycles. The van der Waals surface area contributed by atoms with E-state index in [2.05, 4.69) is 25.1 Å². The fourth-order valence-electron chi connectivity index (χ4n) is 1.46. The quantitative estimate of drug-likeness (QED) is 0.703. The predicted molar refractivity (Wildman–Crippen MR) is 66.4 cm³/mol. The minimum atomic E-state index is -0.893. The molecule has 2 aromatic heterocycles. The lowest BCUT2D eigenvalue weighted by molar-refractivity contribution is -0.133. The molecule has 0 saturated heterocycles. The molecule has 0 amide bonds. The van der Waals surface area contributed by atoms with Crippen molar-refractivity contribution in [2.24, 2.45) is 0 Å². The number of carboxylic acid groups (broad SMARTS) is 1. The Labute approximate surface area is 107 Å². The molecule has 2 rings (SSSR count). The number of aliphatic carboxylic acids is 1. The van der Waals surface area contributed by atoms with Crippen molar-refractivity contribution >= 4 is 17.7 Å². The van der Waals surface area contributed by atoms with Gasteiger partial charge in [0.1, 0.15) is 11.5 Å². The molecule has 2 aromatic rings. The van der Waals surface area contributed by atoms with Crippen LogP contribution in [0.15, 0.2) is 5.16 Å². The minimum absolute atomic E-state index is 0.0585. The highest BCUT2D eigenvalue weighted by atomic mass is 32.2. The van der Waals surface area contributed by atoms with Crippen molar-refractivity contribution in [3.8, 4) is 11.5 Å². The lowest BCUT2D eigenvalue weighted by Crippen LogP contribution is -1.97. The van der Waals surface area contributed by atoms with Crippen LogP contribution >= 0.6 is 11.8 Å². The van der Waals surface area contributed by atoms with Crippen LogP contribution in [0.4, 0.5) is 0 Å². The second-order valence-electron chi connectivity index (χ2n) is 3.66. The normalized spacial score (nSPS) is 10.8. The van der Waals surface area contributed by atoms with E-state index in [0.717, 1.165) is 35.4 Å². The van der Waals surface area contributed by atoms with Gasteiger partial charge in [-0.25, -0.2) is 4.98 Å². The Kier molecular flexibility index (Phi) is 3.66. The summed E-state index contributed by atoms with van der Waals surface area (Å²) in [5.41, 5.74) is 1.64. The van der Waals surface area contributed by atoms with E-state index in [-0.39, 0.29) is 5.75 Å². The first kappa shape index (κ1) is 12.6. The number of carbonyl (C=O) groups is 1. The van der Waals surface area contributed by atoms with Crippen molar-refractivity contribution in [1.29, 1.82) is 0 Å². The summed E-state index contributed by atoms with van der Waals surface area (Å²) in [5.74, 6) is 0.488. The summed E-state index contributed by atoms with van der Waals surface area (Å²) in [6, 6.07) is 0. The van der Waals surface area contributed by atoms with Gasteiger partial charge in [-0.05, 0) is 6.92 Å². The minimum Gasteiger partial charge on any atom is -0.481 e. The van der Waals surface area contributed by atoms with Gasteiger partial charge in [0.25, 0.3) is 0 Å². The van der Waals surface area contributed by atoms with E-state index in [1.54, 1.807) is 0 Å². The van der Waals surface area contributed by atoms with E-state index in [0.29, 0.717) is 11.0 Å². The standard InChI is InChI=1S/C10H13N5O2S/c1-3-6-11-5(2)8(12-6)9-13-10(15-14-9)18-4-7(16)17/h3-4H2,1-2H3,(H,11,12)(H,16,17)(H,13,14,15). The Bertz CT molecular complexity index is 562. The average Bonchev–Trinajstić information content (AvgIpc) is 2.92. The maximum absolute atomic E-state index is 10.4. The first-order chi connectivity index (χ1) is 8.60. The number of aromatic amines is 2. The van der Waals surface area contributed by atoms with E-state index in [9.17, 15) is 4.79 Å². The van der Waals surface area contributed by atoms with Gasteiger partial charge in [0.2, 0.25) is 5.16 Å². The average molecular weight is 267 g/mol. The number of rotatable bonds is 5. The second kappa shape index (κ2) is 5.21. The van der Waals surface area contributed by atoms with Crippen LogP contribution in [0.25, 0.3) is 11.5 Å². The number of nitrogens with one attached hydrogen (secondary N) is 2. The van der Waals surface area contributed by atoms with Crippen molar-refractivity contribution in [2.75, 3.05) is 5.75 Å². The van der Waals surface area contributed by atoms with Gasteiger partial charge in [-0.3, -0.25) is 9.89 Å². The lowest BCUT2D eigenvalue weighted by Gasteiger charge is -1.90. The Morgan fingerprint density at radius 3 is 2.83 bits per heavy atom. The molecular weight excluding hydrogens is 254 g/mol. The van der Waals surface area contributed by atoms with Gasteiger partial charge < -0.3 is 10.1 Å². The van der Waals surface area contributed by atoms with E-state index in [4.69, 9.17) is 5.11 Å². The molecule has 3 N–H and O–H groups in total. The van der Waals surface area contributed by atoms with Crippen molar-refractivity contribution in [3.05, 3.63) is 11.5 Å². The number of H-pyrrole nitrogens is 2. The zero-order valence-corrected chi connectivity index (χ0v) is 10.8. The highest BCUT2D eigenvalue weighted by Crippen LogP contribution is 2.20. The molecule has 0 unspecified atom stereocenters.